The minimum absolute atomic E-state index is 0.710. The Hall–Kier alpha value is -3.63. The van der Waals surface area contributed by atoms with Gasteiger partial charge in [0.2, 0.25) is 0 Å². The summed E-state index contributed by atoms with van der Waals surface area (Å²) in [6.45, 7) is 1.93. The van der Waals surface area contributed by atoms with E-state index in [0.717, 1.165) is 22.8 Å². The summed E-state index contributed by atoms with van der Waals surface area (Å²) in [5.74, 6) is 2.16. The summed E-state index contributed by atoms with van der Waals surface area (Å²) >= 11 is 1.81. The van der Waals surface area contributed by atoms with Crippen molar-refractivity contribution in [3.05, 3.63) is 90.8 Å². The number of nitrogens with zero attached hydrogens (tertiary/aromatic N) is 3. The maximum Gasteiger partial charge on any atom is 0.165 e. The maximum absolute atomic E-state index is 4.84. The lowest BCUT2D eigenvalue weighted by Crippen LogP contribution is -1.99. The monoisotopic (exact) mass is 403 g/mol. The van der Waals surface area contributed by atoms with Gasteiger partial charge in [0.25, 0.3) is 0 Å². The second-order valence-corrected chi connectivity index (χ2v) is 8.39. The van der Waals surface area contributed by atoms with Gasteiger partial charge in [0, 0.05) is 31.3 Å². The molecule has 0 atom stereocenters. The molecule has 0 N–H and O–H groups in total. The van der Waals surface area contributed by atoms with Gasteiger partial charge >= 0.3 is 0 Å². The fraction of sp³-hybridized carbons (Fsp3) is 0.0385. The van der Waals surface area contributed by atoms with Crippen LogP contribution in [-0.4, -0.2) is 15.0 Å². The van der Waals surface area contributed by atoms with E-state index in [4.69, 9.17) is 9.97 Å². The molecule has 0 saturated carbocycles. The van der Waals surface area contributed by atoms with Crippen molar-refractivity contribution in [1.29, 1.82) is 0 Å². The van der Waals surface area contributed by atoms with E-state index >= 15 is 0 Å². The number of aromatic nitrogens is 3. The third-order valence-electron chi connectivity index (χ3n) is 5.41. The number of hydrogen-bond acceptors (Lipinski definition) is 4. The molecule has 0 amide bonds. The van der Waals surface area contributed by atoms with E-state index in [1.165, 1.54) is 30.9 Å². The number of fused-ring (bicyclic) bond motifs is 5. The predicted molar refractivity (Wildman–Crippen MR) is 126 cm³/mol. The van der Waals surface area contributed by atoms with Gasteiger partial charge in [0.1, 0.15) is 5.82 Å². The molecule has 0 unspecified atom stereocenters. The molecule has 0 radical (unpaired) electrons. The van der Waals surface area contributed by atoms with Gasteiger partial charge in [-0.1, -0.05) is 72.8 Å². The molecule has 0 aliphatic rings. The fourth-order valence-electron chi connectivity index (χ4n) is 4.06. The van der Waals surface area contributed by atoms with Gasteiger partial charge in [0.05, 0.1) is 0 Å². The number of benzene rings is 4. The molecule has 0 bridgehead atoms. The van der Waals surface area contributed by atoms with Crippen LogP contribution in [0, 0.1) is 6.92 Å². The Morgan fingerprint density at radius 3 is 2.30 bits per heavy atom. The van der Waals surface area contributed by atoms with Crippen LogP contribution in [0.5, 0.6) is 0 Å². The summed E-state index contributed by atoms with van der Waals surface area (Å²) < 4.78 is 2.50. The van der Waals surface area contributed by atoms with E-state index < -0.39 is 0 Å². The van der Waals surface area contributed by atoms with Crippen molar-refractivity contribution in [3.63, 3.8) is 0 Å². The smallest absolute Gasteiger partial charge is 0.165 e. The van der Waals surface area contributed by atoms with Crippen LogP contribution in [0.25, 0.3) is 53.7 Å². The highest BCUT2D eigenvalue weighted by molar-refractivity contribution is 7.26. The van der Waals surface area contributed by atoms with Crippen LogP contribution in [0.15, 0.2) is 84.9 Å². The summed E-state index contributed by atoms with van der Waals surface area (Å²) in [7, 11) is 0. The summed E-state index contributed by atoms with van der Waals surface area (Å²) in [6, 6.07) is 29.5. The molecule has 2 heterocycles. The Bertz CT molecular complexity index is 1550. The first-order valence-corrected chi connectivity index (χ1v) is 10.7. The molecule has 4 aromatic carbocycles. The second-order valence-electron chi connectivity index (χ2n) is 7.34. The van der Waals surface area contributed by atoms with Gasteiger partial charge in [-0.25, -0.2) is 15.0 Å². The van der Waals surface area contributed by atoms with Crippen molar-refractivity contribution < 1.29 is 0 Å². The lowest BCUT2D eigenvalue weighted by molar-refractivity contribution is 0.993. The summed E-state index contributed by atoms with van der Waals surface area (Å²) in [5.41, 5.74) is 2.05. The normalized spacial score (nSPS) is 11.5. The zero-order chi connectivity index (χ0) is 20.1. The van der Waals surface area contributed by atoms with E-state index in [0.29, 0.717) is 5.82 Å². The third kappa shape index (κ3) is 2.69. The van der Waals surface area contributed by atoms with E-state index in [1.54, 1.807) is 11.3 Å². The van der Waals surface area contributed by atoms with Crippen LogP contribution >= 0.6 is 11.3 Å². The molecule has 3 nitrogen and oxygen atoms in total. The molecule has 0 saturated heterocycles. The summed E-state index contributed by atoms with van der Waals surface area (Å²) in [6.07, 6.45) is 0. The van der Waals surface area contributed by atoms with Crippen LogP contribution < -0.4 is 0 Å². The van der Waals surface area contributed by atoms with Crippen molar-refractivity contribution in [2.45, 2.75) is 6.92 Å². The lowest BCUT2D eigenvalue weighted by Gasteiger charge is -2.07. The molecule has 4 heteroatoms. The number of aryl methyl sites for hydroxylation is 1. The topological polar surface area (TPSA) is 38.7 Å². The van der Waals surface area contributed by atoms with Gasteiger partial charge in [-0.05, 0) is 29.8 Å². The average Bonchev–Trinajstić information content (AvgIpc) is 3.18. The first-order valence-electron chi connectivity index (χ1n) is 9.89. The van der Waals surface area contributed by atoms with Crippen LogP contribution in [0.4, 0.5) is 0 Å². The van der Waals surface area contributed by atoms with Crippen LogP contribution in [0.1, 0.15) is 5.82 Å². The molecular formula is C26H17N3S. The molecule has 6 aromatic rings. The Labute approximate surface area is 177 Å². The Balaban J connectivity index is 1.64. The number of hydrogen-bond donors (Lipinski definition) is 0. The van der Waals surface area contributed by atoms with Gasteiger partial charge in [-0.15, -0.1) is 11.3 Å². The largest absolute Gasteiger partial charge is 0.213 e. The standard InChI is InChI=1S/C26H17N3S/c1-16-27-25(18-9-3-2-4-10-18)29-26(28-16)21-13-7-12-20-23-19-11-6-5-8-17(19)14-15-22(23)30-24(20)21/h2-15H,1H3. The molecule has 30 heavy (non-hydrogen) atoms. The molecule has 0 fully saturated rings. The van der Waals surface area contributed by atoms with Crippen LogP contribution in [0.2, 0.25) is 0 Å². The van der Waals surface area contributed by atoms with Crippen molar-refractivity contribution in [1.82, 2.24) is 15.0 Å². The van der Waals surface area contributed by atoms with Crippen molar-refractivity contribution in [2.75, 3.05) is 0 Å². The van der Waals surface area contributed by atoms with Gasteiger partial charge < -0.3 is 0 Å². The fourth-order valence-corrected chi connectivity index (χ4v) is 5.29. The average molecular weight is 404 g/mol. The van der Waals surface area contributed by atoms with Crippen LogP contribution in [0.3, 0.4) is 0 Å². The first-order chi connectivity index (χ1) is 14.8. The highest BCUT2D eigenvalue weighted by Gasteiger charge is 2.15. The molecule has 2 aromatic heterocycles. The Morgan fingerprint density at radius 1 is 0.633 bits per heavy atom. The van der Waals surface area contributed by atoms with E-state index in [1.807, 2.05) is 37.3 Å². The number of thiophene rings is 1. The highest BCUT2D eigenvalue weighted by Crippen LogP contribution is 2.42. The molecule has 142 valence electrons. The summed E-state index contributed by atoms with van der Waals surface area (Å²) in [4.78, 5) is 14.1. The van der Waals surface area contributed by atoms with Crippen molar-refractivity contribution >= 4 is 42.3 Å². The zero-order valence-electron chi connectivity index (χ0n) is 16.3. The van der Waals surface area contributed by atoms with Gasteiger partial charge in [-0.3, -0.25) is 0 Å². The lowest BCUT2D eigenvalue weighted by atomic mass is 10.0. The summed E-state index contributed by atoms with van der Waals surface area (Å²) in [5, 5.41) is 5.11. The van der Waals surface area contributed by atoms with Gasteiger partial charge in [0.15, 0.2) is 11.6 Å². The molecular weight excluding hydrogens is 386 g/mol. The molecule has 6 rings (SSSR count). The first kappa shape index (κ1) is 17.2. The van der Waals surface area contributed by atoms with Crippen molar-refractivity contribution in [2.24, 2.45) is 0 Å². The van der Waals surface area contributed by atoms with E-state index in [-0.39, 0.29) is 0 Å². The minimum atomic E-state index is 0.710. The van der Waals surface area contributed by atoms with Crippen molar-refractivity contribution in [3.8, 4) is 22.8 Å². The molecule has 0 aliphatic heterocycles. The second kappa shape index (κ2) is 6.71. The molecule has 0 aliphatic carbocycles. The van der Waals surface area contributed by atoms with E-state index in [9.17, 15) is 0 Å². The Kier molecular flexibility index (Phi) is 3.86. The molecule has 0 spiro atoms. The van der Waals surface area contributed by atoms with Gasteiger partial charge in [-0.2, -0.15) is 0 Å². The minimum Gasteiger partial charge on any atom is -0.213 e. The Morgan fingerprint density at radius 2 is 1.40 bits per heavy atom. The predicted octanol–water partition coefficient (Wildman–Crippen LogP) is 7.04. The van der Waals surface area contributed by atoms with E-state index in [2.05, 4.69) is 59.6 Å². The quantitative estimate of drug-likeness (QED) is 0.311. The third-order valence-corrected chi connectivity index (χ3v) is 6.61. The SMILES string of the molecule is Cc1nc(-c2ccccc2)nc(-c2cccc3c2sc2ccc4ccccc4c23)n1. The number of rotatable bonds is 2. The zero-order valence-corrected chi connectivity index (χ0v) is 17.1. The highest BCUT2D eigenvalue weighted by atomic mass is 32.1. The maximum atomic E-state index is 4.84. The van der Waals surface area contributed by atoms with Crippen LogP contribution in [-0.2, 0) is 0 Å².